The number of aryl methyl sites for hydroxylation is 6. The quantitative estimate of drug-likeness (QED) is 0.367. The zero-order valence-corrected chi connectivity index (χ0v) is 25.0. The summed E-state index contributed by atoms with van der Waals surface area (Å²) < 4.78 is 0. The summed E-state index contributed by atoms with van der Waals surface area (Å²) in [6.45, 7) is 17.3. The Morgan fingerprint density at radius 1 is 0.688 bits per heavy atom. The SMILES string of the molecule is CCc1cc(CC)c(NCCN(C)CCNc2c(C)cc(C)cc2C)c(CC)c1.[Br-].[Br-].[Co+2]. The van der Waals surface area contributed by atoms with Crippen LogP contribution in [0.15, 0.2) is 24.3 Å². The molecule has 2 rings (SSSR count). The maximum atomic E-state index is 3.74. The number of anilines is 2. The number of hydrogen-bond acceptors (Lipinski definition) is 3. The number of hydrogen-bond donors (Lipinski definition) is 2. The van der Waals surface area contributed by atoms with Crippen LogP contribution in [0.25, 0.3) is 0 Å². The van der Waals surface area contributed by atoms with E-state index in [0.29, 0.717) is 0 Å². The molecule has 0 aliphatic heterocycles. The molecular formula is C26H41Br2CoN3. The first-order valence-electron chi connectivity index (χ1n) is 11.3. The van der Waals surface area contributed by atoms with Crippen molar-refractivity contribution >= 4 is 11.4 Å². The summed E-state index contributed by atoms with van der Waals surface area (Å²) in [5.41, 5.74) is 11.0. The molecule has 2 N–H and O–H groups in total. The molecule has 0 saturated carbocycles. The van der Waals surface area contributed by atoms with Gasteiger partial charge < -0.3 is 49.5 Å². The molecule has 0 spiro atoms. The number of nitrogens with zero attached hydrogens (tertiary/aromatic N) is 1. The monoisotopic (exact) mass is 612 g/mol. The number of likely N-dealkylation sites (N-methyl/N-ethyl adjacent to an activating group) is 1. The zero-order chi connectivity index (χ0) is 21.4. The van der Waals surface area contributed by atoms with E-state index < -0.39 is 0 Å². The van der Waals surface area contributed by atoms with Gasteiger partial charge in [0, 0.05) is 37.6 Å². The second-order valence-electron chi connectivity index (χ2n) is 8.28. The molecule has 1 radical (unpaired) electrons. The van der Waals surface area contributed by atoms with Gasteiger partial charge in [-0.05, 0) is 74.9 Å². The molecule has 0 saturated heterocycles. The third kappa shape index (κ3) is 9.76. The third-order valence-electron chi connectivity index (χ3n) is 5.80. The van der Waals surface area contributed by atoms with Gasteiger partial charge in [0.1, 0.15) is 0 Å². The van der Waals surface area contributed by atoms with Gasteiger partial charge >= 0.3 is 16.8 Å². The predicted molar refractivity (Wildman–Crippen MR) is 130 cm³/mol. The van der Waals surface area contributed by atoms with E-state index in [1.807, 2.05) is 0 Å². The summed E-state index contributed by atoms with van der Waals surface area (Å²) in [6, 6.07) is 9.26. The van der Waals surface area contributed by atoms with E-state index in [1.54, 1.807) is 0 Å². The standard InChI is InChI=1S/C26H41N3.2BrH.Co/c1-8-22-17-23(9-2)26(24(10-3)18-22)28-12-14-29(7)13-11-27-25-20(5)15-19(4)16-21(25)6;;;/h15-18,27-28H,8-14H2,1-7H3;2*1H;/q;;;+2/p-2. The van der Waals surface area contributed by atoms with E-state index in [2.05, 4.69) is 88.4 Å². The molecule has 0 atom stereocenters. The van der Waals surface area contributed by atoms with Crippen molar-refractivity contribution in [1.29, 1.82) is 0 Å². The van der Waals surface area contributed by atoms with Crippen LogP contribution in [-0.2, 0) is 36.0 Å². The largest absolute Gasteiger partial charge is 2.00 e. The summed E-state index contributed by atoms with van der Waals surface area (Å²) in [7, 11) is 2.21. The van der Waals surface area contributed by atoms with Crippen LogP contribution in [0.1, 0.15) is 54.2 Å². The molecule has 183 valence electrons. The summed E-state index contributed by atoms with van der Waals surface area (Å²) in [6.07, 6.45) is 3.27. The van der Waals surface area contributed by atoms with Gasteiger partial charge in [0.2, 0.25) is 0 Å². The molecule has 0 unspecified atom stereocenters. The molecule has 0 bridgehead atoms. The molecular weight excluding hydrogens is 573 g/mol. The van der Waals surface area contributed by atoms with Crippen molar-refractivity contribution in [3.8, 4) is 0 Å². The third-order valence-corrected chi connectivity index (χ3v) is 5.80. The van der Waals surface area contributed by atoms with Crippen LogP contribution in [-0.4, -0.2) is 38.1 Å². The van der Waals surface area contributed by atoms with Crippen LogP contribution in [0.5, 0.6) is 0 Å². The van der Waals surface area contributed by atoms with E-state index in [0.717, 1.165) is 45.4 Å². The Labute approximate surface area is 228 Å². The average molecular weight is 614 g/mol. The van der Waals surface area contributed by atoms with E-state index in [9.17, 15) is 0 Å². The molecule has 0 fully saturated rings. The van der Waals surface area contributed by atoms with Crippen molar-refractivity contribution in [2.24, 2.45) is 0 Å². The Balaban J connectivity index is 0. The van der Waals surface area contributed by atoms with Crippen molar-refractivity contribution in [3.63, 3.8) is 0 Å². The van der Waals surface area contributed by atoms with Crippen molar-refractivity contribution in [1.82, 2.24) is 4.90 Å². The first-order chi connectivity index (χ1) is 13.9. The topological polar surface area (TPSA) is 27.3 Å². The summed E-state index contributed by atoms with van der Waals surface area (Å²) in [5, 5.41) is 7.37. The minimum Gasteiger partial charge on any atom is -1.00 e. The fourth-order valence-corrected chi connectivity index (χ4v) is 4.14. The number of nitrogens with one attached hydrogen (secondary N) is 2. The Morgan fingerprint density at radius 3 is 1.53 bits per heavy atom. The molecule has 3 nitrogen and oxygen atoms in total. The van der Waals surface area contributed by atoms with Crippen LogP contribution in [0.3, 0.4) is 0 Å². The average Bonchev–Trinajstić information content (AvgIpc) is 2.69. The molecule has 2 aromatic rings. The molecule has 0 aliphatic carbocycles. The molecule has 0 aliphatic rings. The van der Waals surface area contributed by atoms with Crippen LogP contribution in [0.4, 0.5) is 11.4 Å². The molecule has 0 heterocycles. The number of halogens is 2. The van der Waals surface area contributed by atoms with E-state index in [4.69, 9.17) is 0 Å². The fourth-order valence-electron chi connectivity index (χ4n) is 4.14. The maximum absolute atomic E-state index is 3.74. The van der Waals surface area contributed by atoms with Gasteiger partial charge in [0.25, 0.3) is 0 Å². The van der Waals surface area contributed by atoms with Gasteiger partial charge in [0.15, 0.2) is 0 Å². The van der Waals surface area contributed by atoms with Gasteiger partial charge in [0.05, 0.1) is 0 Å². The molecule has 0 amide bonds. The van der Waals surface area contributed by atoms with Crippen molar-refractivity contribution in [2.45, 2.75) is 60.8 Å². The molecule has 0 aromatic heterocycles. The van der Waals surface area contributed by atoms with Crippen LogP contribution in [0, 0.1) is 20.8 Å². The Hall–Kier alpha value is -0.534. The van der Waals surface area contributed by atoms with E-state index in [-0.39, 0.29) is 50.7 Å². The van der Waals surface area contributed by atoms with Gasteiger partial charge in [-0.3, -0.25) is 0 Å². The van der Waals surface area contributed by atoms with Crippen molar-refractivity contribution in [2.75, 3.05) is 43.9 Å². The van der Waals surface area contributed by atoms with Gasteiger partial charge in [-0.1, -0.05) is 50.6 Å². The van der Waals surface area contributed by atoms with Crippen molar-refractivity contribution in [3.05, 3.63) is 57.6 Å². The predicted octanol–water partition coefficient (Wildman–Crippen LogP) is -0.240. The van der Waals surface area contributed by atoms with Gasteiger partial charge in [-0.25, -0.2) is 0 Å². The summed E-state index contributed by atoms with van der Waals surface area (Å²) in [4.78, 5) is 2.40. The second kappa shape index (κ2) is 17.0. The van der Waals surface area contributed by atoms with Crippen LogP contribution < -0.4 is 44.6 Å². The van der Waals surface area contributed by atoms with E-state index in [1.165, 1.54) is 44.8 Å². The Bertz CT molecular complexity index is 764. The normalized spacial score (nSPS) is 10.1. The first kappa shape index (κ1) is 33.6. The van der Waals surface area contributed by atoms with Gasteiger partial charge in [-0.15, -0.1) is 0 Å². The Kier molecular flexibility index (Phi) is 17.9. The number of benzene rings is 2. The minimum atomic E-state index is 0. The van der Waals surface area contributed by atoms with Crippen molar-refractivity contribution < 1.29 is 50.7 Å². The maximum Gasteiger partial charge on any atom is 2.00 e. The van der Waals surface area contributed by atoms with Crippen LogP contribution in [0.2, 0.25) is 0 Å². The Morgan fingerprint density at radius 2 is 1.12 bits per heavy atom. The summed E-state index contributed by atoms with van der Waals surface area (Å²) >= 11 is 0. The van der Waals surface area contributed by atoms with Gasteiger partial charge in [-0.2, -0.15) is 0 Å². The van der Waals surface area contributed by atoms with Crippen LogP contribution >= 0.6 is 0 Å². The molecule has 6 heteroatoms. The second-order valence-corrected chi connectivity index (χ2v) is 8.28. The molecule has 2 aromatic carbocycles. The number of rotatable bonds is 11. The fraction of sp³-hybridized carbons (Fsp3) is 0.538. The summed E-state index contributed by atoms with van der Waals surface area (Å²) in [5.74, 6) is 0. The smallest absolute Gasteiger partial charge is 1.00 e. The first-order valence-corrected chi connectivity index (χ1v) is 11.3. The minimum absolute atomic E-state index is 0. The van der Waals surface area contributed by atoms with E-state index >= 15 is 0 Å². The zero-order valence-electron chi connectivity index (χ0n) is 20.8. The molecule has 32 heavy (non-hydrogen) atoms.